The lowest BCUT2D eigenvalue weighted by Gasteiger charge is -2.25. The first-order valence-corrected chi connectivity index (χ1v) is 7.96. The topological polar surface area (TPSA) is 63.4 Å². The lowest BCUT2D eigenvalue weighted by atomic mass is 10.1. The van der Waals surface area contributed by atoms with E-state index in [0.29, 0.717) is 11.6 Å². The molecule has 2 N–H and O–H groups in total. The Morgan fingerprint density at radius 3 is 2.50 bits per heavy atom. The molecule has 1 atom stereocenters. The minimum atomic E-state index is -3.28. The molecule has 0 aromatic heterocycles. The summed E-state index contributed by atoms with van der Waals surface area (Å²) in [5, 5.41) is 0. The Morgan fingerprint density at radius 2 is 2.00 bits per heavy atom. The van der Waals surface area contributed by atoms with Gasteiger partial charge in [-0.05, 0) is 18.1 Å². The van der Waals surface area contributed by atoms with Gasteiger partial charge in [-0.2, -0.15) is 0 Å². The van der Waals surface area contributed by atoms with Crippen LogP contribution in [0.15, 0.2) is 23.1 Å². The highest BCUT2D eigenvalue weighted by Gasteiger charge is 2.16. The number of benzene rings is 1. The molecular weight excluding hydrogens is 248 g/mol. The molecule has 1 rings (SSSR count). The van der Waals surface area contributed by atoms with Crippen molar-refractivity contribution in [3.05, 3.63) is 18.2 Å². The summed E-state index contributed by atoms with van der Waals surface area (Å²) < 4.78 is 23.2. The molecule has 0 saturated heterocycles. The first-order valence-electron chi connectivity index (χ1n) is 6.07. The number of para-hydroxylation sites is 1. The summed E-state index contributed by atoms with van der Waals surface area (Å²) in [4.78, 5) is 2.22. The van der Waals surface area contributed by atoms with Crippen molar-refractivity contribution in [2.24, 2.45) is 5.92 Å². The molecule has 4 nitrogen and oxygen atoms in total. The van der Waals surface area contributed by atoms with Gasteiger partial charge in [-0.25, -0.2) is 8.42 Å². The molecule has 102 valence electrons. The quantitative estimate of drug-likeness (QED) is 0.833. The summed E-state index contributed by atoms with van der Waals surface area (Å²) in [6, 6.07) is 5.13. The predicted octanol–water partition coefficient (Wildman–Crippen LogP) is 2.15. The van der Waals surface area contributed by atoms with E-state index in [2.05, 4.69) is 13.8 Å². The van der Waals surface area contributed by atoms with Crippen molar-refractivity contribution < 1.29 is 8.42 Å². The van der Waals surface area contributed by atoms with E-state index in [1.165, 1.54) is 6.26 Å². The van der Waals surface area contributed by atoms with Crippen molar-refractivity contribution in [3.63, 3.8) is 0 Å². The molecule has 1 aromatic rings. The summed E-state index contributed by atoms with van der Waals surface area (Å²) in [5.41, 5.74) is 7.08. The molecule has 0 aliphatic carbocycles. The molecule has 0 heterocycles. The zero-order valence-electron chi connectivity index (χ0n) is 11.5. The fourth-order valence-electron chi connectivity index (χ4n) is 1.88. The molecule has 0 aliphatic rings. The minimum Gasteiger partial charge on any atom is -0.396 e. The molecule has 0 saturated carbocycles. The van der Waals surface area contributed by atoms with Crippen LogP contribution >= 0.6 is 0 Å². The van der Waals surface area contributed by atoms with E-state index in [4.69, 9.17) is 5.73 Å². The van der Waals surface area contributed by atoms with E-state index in [-0.39, 0.29) is 4.90 Å². The highest BCUT2D eigenvalue weighted by atomic mass is 32.2. The van der Waals surface area contributed by atoms with Gasteiger partial charge in [0, 0.05) is 19.8 Å². The van der Waals surface area contributed by atoms with Crippen molar-refractivity contribution >= 4 is 21.2 Å². The molecule has 18 heavy (non-hydrogen) atoms. The van der Waals surface area contributed by atoms with E-state index < -0.39 is 9.84 Å². The van der Waals surface area contributed by atoms with Gasteiger partial charge in [-0.3, -0.25) is 0 Å². The summed E-state index contributed by atoms with van der Waals surface area (Å²) in [5.74, 6) is 0.538. The van der Waals surface area contributed by atoms with Gasteiger partial charge < -0.3 is 10.6 Å². The lowest BCUT2D eigenvalue weighted by Crippen LogP contribution is -2.25. The van der Waals surface area contributed by atoms with E-state index in [1.807, 2.05) is 18.0 Å². The molecule has 0 fully saturated rings. The number of nitrogens with two attached hydrogens (primary N) is 1. The smallest absolute Gasteiger partial charge is 0.177 e. The van der Waals surface area contributed by atoms with E-state index in [1.54, 1.807) is 12.1 Å². The summed E-state index contributed by atoms with van der Waals surface area (Å²) >= 11 is 0. The van der Waals surface area contributed by atoms with Crippen LogP contribution in [0.25, 0.3) is 0 Å². The first-order chi connectivity index (χ1) is 8.27. The number of hydrogen-bond acceptors (Lipinski definition) is 4. The van der Waals surface area contributed by atoms with Gasteiger partial charge in [0.1, 0.15) is 0 Å². The van der Waals surface area contributed by atoms with Gasteiger partial charge in [0.05, 0.1) is 16.3 Å². The molecule has 0 aliphatic heterocycles. The molecule has 0 amide bonds. The number of sulfone groups is 1. The van der Waals surface area contributed by atoms with Crippen LogP contribution in [-0.4, -0.2) is 28.3 Å². The Bertz CT molecular complexity index is 512. The summed E-state index contributed by atoms with van der Waals surface area (Å²) in [6.07, 6.45) is 2.26. The van der Waals surface area contributed by atoms with Crippen molar-refractivity contribution in [1.82, 2.24) is 0 Å². The van der Waals surface area contributed by atoms with Gasteiger partial charge in [0.25, 0.3) is 0 Å². The fraction of sp³-hybridized carbons (Fsp3) is 0.538. The minimum absolute atomic E-state index is 0.205. The van der Waals surface area contributed by atoms with Crippen LogP contribution in [-0.2, 0) is 9.84 Å². The number of nitrogens with zero attached hydrogens (tertiary/aromatic N) is 1. The Morgan fingerprint density at radius 1 is 1.39 bits per heavy atom. The monoisotopic (exact) mass is 270 g/mol. The third-order valence-electron chi connectivity index (χ3n) is 3.14. The number of rotatable bonds is 5. The predicted molar refractivity (Wildman–Crippen MR) is 76.7 cm³/mol. The lowest BCUT2D eigenvalue weighted by molar-refractivity contribution is 0.560. The number of anilines is 2. The SMILES string of the molecule is CCC(C)CN(C)c1cccc(S(C)(=O)=O)c1N. The number of hydrogen-bond donors (Lipinski definition) is 1. The maximum absolute atomic E-state index is 11.6. The van der Waals surface area contributed by atoms with Crippen molar-refractivity contribution in [3.8, 4) is 0 Å². The molecule has 1 unspecified atom stereocenters. The van der Waals surface area contributed by atoms with E-state index in [9.17, 15) is 8.42 Å². The van der Waals surface area contributed by atoms with Crippen molar-refractivity contribution in [2.45, 2.75) is 25.2 Å². The van der Waals surface area contributed by atoms with Gasteiger partial charge in [-0.15, -0.1) is 0 Å². The summed E-state index contributed by atoms with van der Waals surface area (Å²) in [6.45, 7) is 5.15. The van der Waals surface area contributed by atoms with Crippen LogP contribution in [0.5, 0.6) is 0 Å². The van der Waals surface area contributed by atoms with Gasteiger partial charge in [-0.1, -0.05) is 26.3 Å². The normalized spacial score (nSPS) is 13.3. The van der Waals surface area contributed by atoms with Crippen molar-refractivity contribution in [1.29, 1.82) is 0 Å². The standard InChI is InChI=1S/C13H22N2O2S/c1-5-10(2)9-15(3)11-7-6-8-12(13(11)14)18(4,16)17/h6-8,10H,5,9,14H2,1-4H3. The van der Waals surface area contributed by atoms with Gasteiger partial charge >= 0.3 is 0 Å². The number of nitrogen functional groups attached to an aromatic ring is 1. The third kappa shape index (κ3) is 3.38. The maximum atomic E-state index is 11.6. The van der Waals surface area contributed by atoms with Crippen LogP contribution < -0.4 is 10.6 Å². The van der Waals surface area contributed by atoms with Crippen LogP contribution in [0.3, 0.4) is 0 Å². The van der Waals surface area contributed by atoms with E-state index >= 15 is 0 Å². The Labute approximate surface area is 110 Å². The summed E-state index contributed by atoms with van der Waals surface area (Å²) in [7, 11) is -1.34. The molecule has 0 bridgehead atoms. The van der Waals surface area contributed by atoms with E-state index in [0.717, 1.165) is 18.7 Å². The first kappa shape index (κ1) is 14.8. The molecule has 5 heteroatoms. The molecular formula is C13H22N2O2S. The third-order valence-corrected chi connectivity index (χ3v) is 4.29. The van der Waals surface area contributed by atoms with Gasteiger partial charge in [0.2, 0.25) is 0 Å². The largest absolute Gasteiger partial charge is 0.396 e. The zero-order chi connectivity index (χ0) is 13.9. The second-order valence-electron chi connectivity index (χ2n) is 4.86. The maximum Gasteiger partial charge on any atom is 0.177 e. The zero-order valence-corrected chi connectivity index (χ0v) is 12.3. The fourth-order valence-corrected chi connectivity index (χ4v) is 2.71. The average Bonchev–Trinajstić information content (AvgIpc) is 2.27. The van der Waals surface area contributed by atoms with Crippen molar-refractivity contribution in [2.75, 3.05) is 30.5 Å². The highest BCUT2D eigenvalue weighted by Crippen LogP contribution is 2.29. The highest BCUT2D eigenvalue weighted by molar-refractivity contribution is 7.90. The van der Waals surface area contributed by atoms with Crippen LogP contribution in [0.2, 0.25) is 0 Å². The Hall–Kier alpha value is -1.23. The van der Waals surface area contributed by atoms with Crippen LogP contribution in [0, 0.1) is 5.92 Å². The molecule has 0 spiro atoms. The van der Waals surface area contributed by atoms with Crippen LogP contribution in [0.4, 0.5) is 11.4 Å². The second-order valence-corrected chi connectivity index (χ2v) is 6.84. The van der Waals surface area contributed by atoms with Crippen LogP contribution in [0.1, 0.15) is 20.3 Å². The Balaban J connectivity index is 3.12. The van der Waals surface area contributed by atoms with Gasteiger partial charge in [0.15, 0.2) is 9.84 Å². The second kappa shape index (κ2) is 5.61. The molecule has 1 aromatic carbocycles. The molecule has 0 radical (unpaired) electrons. The Kier molecular flexibility index (Phi) is 4.62. The average molecular weight is 270 g/mol.